The Balaban J connectivity index is 2.83. The first kappa shape index (κ1) is 7.10. The summed E-state index contributed by atoms with van der Waals surface area (Å²) in [5, 5.41) is 1.02. The van der Waals surface area contributed by atoms with Crippen molar-refractivity contribution in [1.29, 1.82) is 0 Å². The van der Waals surface area contributed by atoms with Crippen LogP contribution in [0.2, 0.25) is 0 Å². The zero-order valence-corrected chi connectivity index (χ0v) is 6.50. The van der Waals surface area contributed by atoms with E-state index in [2.05, 4.69) is 6.58 Å². The topological polar surface area (TPSA) is 4.93 Å². The van der Waals surface area contributed by atoms with E-state index >= 15 is 0 Å². The van der Waals surface area contributed by atoms with Gasteiger partial charge in [-0.15, -0.1) is 0 Å². The molecular weight excluding hydrogens is 153 g/mol. The Hall–Kier alpha value is -1.57. The molecule has 1 heterocycles. The number of hydrogen-bond donors (Lipinski definition) is 0. The van der Waals surface area contributed by atoms with Crippen molar-refractivity contribution in [2.24, 2.45) is 0 Å². The molecule has 0 fully saturated rings. The molecule has 1 nitrogen and oxygen atoms in total. The lowest BCUT2D eigenvalue weighted by molar-refractivity contribution is 0.629. The highest BCUT2D eigenvalue weighted by Gasteiger charge is 1.98. The average molecular weight is 161 g/mol. The van der Waals surface area contributed by atoms with E-state index in [1.807, 2.05) is 12.3 Å². The van der Waals surface area contributed by atoms with Crippen molar-refractivity contribution >= 4 is 17.1 Å². The highest BCUT2D eigenvalue weighted by atomic mass is 19.1. The highest BCUT2D eigenvalue weighted by molar-refractivity contribution is 5.81. The third-order valence-corrected chi connectivity index (χ3v) is 1.88. The zero-order valence-electron chi connectivity index (χ0n) is 6.50. The SMILES string of the molecule is C=Cn1ccc2ccc(F)cc21. The van der Waals surface area contributed by atoms with Gasteiger partial charge in [-0.05, 0) is 24.3 Å². The van der Waals surface area contributed by atoms with Gasteiger partial charge in [-0.3, -0.25) is 0 Å². The second kappa shape index (κ2) is 2.48. The van der Waals surface area contributed by atoms with E-state index in [0.717, 1.165) is 10.9 Å². The second-order valence-electron chi connectivity index (χ2n) is 2.61. The molecule has 0 aliphatic rings. The molecule has 0 radical (unpaired) electrons. The minimum Gasteiger partial charge on any atom is -0.324 e. The summed E-state index contributed by atoms with van der Waals surface area (Å²) in [6, 6.07) is 6.63. The Morgan fingerprint density at radius 3 is 2.92 bits per heavy atom. The van der Waals surface area contributed by atoms with Crippen LogP contribution in [-0.4, -0.2) is 4.57 Å². The zero-order chi connectivity index (χ0) is 8.55. The summed E-state index contributed by atoms with van der Waals surface area (Å²) >= 11 is 0. The highest BCUT2D eigenvalue weighted by Crippen LogP contribution is 2.16. The van der Waals surface area contributed by atoms with Gasteiger partial charge in [0.2, 0.25) is 0 Å². The van der Waals surface area contributed by atoms with Crippen LogP contribution < -0.4 is 0 Å². The van der Waals surface area contributed by atoms with Gasteiger partial charge in [-0.2, -0.15) is 0 Å². The van der Waals surface area contributed by atoms with Gasteiger partial charge in [-0.1, -0.05) is 6.58 Å². The lowest BCUT2D eigenvalue weighted by Gasteiger charge is -1.95. The molecule has 2 heteroatoms. The maximum atomic E-state index is 12.8. The van der Waals surface area contributed by atoms with Crippen molar-refractivity contribution in [3.05, 3.63) is 42.9 Å². The summed E-state index contributed by atoms with van der Waals surface area (Å²) in [6.07, 6.45) is 3.51. The number of rotatable bonds is 1. The van der Waals surface area contributed by atoms with E-state index in [1.165, 1.54) is 12.1 Å². The number of benzene rings is 1. The summed E-state index contributed by atoms with van der Waals surface area (Å²) in [4.78, 5) is 0. The third kappa shape index (κ3) is 0.925. The molecule has 0 atom stereocenters. The Labute approximate surface area is 69.7 Å². The van der Waals surface area contributed by atoms with Gasteiger partial charge in [0.1, 0.15) is 5.82 Å². The minimum absolute atomic E-state index is 0.218. The first-order valence-corrected chi connectivity index (χ1v) is 3.70. The van der Waals surface area contributed by atoms with Crippen LogP contribution in [0.25, 0.3) is 17.1 Å². The van der Waals surface area contributed by atoms with E-state index in [0.29, 0.717) is 0 Å². The number of aromatic nitrogens is 1. The molecule has 0 saturated heterocycles. The Morgan fingerprint density at radius 2 is 2.17 bits per heavy atom. The summed E-state index contributed by atoms with van der Waals surface area (Å²) in [6.45, 7) is 3.62. The lowest BCUT2D eigenvalue weighted by atomic mass is 10.2. The predicted molar refractivity (Wildman–Crippen MR) is 48.3 cm³/mol. The first-order chi connectivity index (χ1) is 5.81. The largest absolute Gasteiger partial charge is 0.324 e. The number of fused-ring (bicyclic) bond motifs is 1. The van der Waals surface area contributed by atoms with E-state index in [9.17, 15) is 4.39 Å². The van der Waals surface area contributed by atoms with Crippen LogP contribution >= 0.6 is 0 Å². The third-order valence-electron chi connectivity index (χ3n) is 1.88. The Kier molecular flexibility index (Phi) is 1.47. The maximum absolute atomic E-state index is 12.8. The van der Waals surface area contributed by atoms with Crippen LogP contribution in [0, 0.1) is 5.82 Å². The van der Waals surface area contributed by atoms with Crippen LogP contribution in [0.4, 0.5) is 4.39 Å². The van der Waals surface area contributed by atoms with Crippen molar-refractivity contribution in [1.82, 2.24) is 4.57 Å². The summed E-state index contributed by atoms with van der Waals surface area (Å²) in [5.74, 6) is -0.218. The van der Waals surface area contributed by atoms with Gasteiger partial charge in [0, 0.05) is 17.8 Å². The fourth-order valence-electron chi connectivity index (χ4n) is 1.28. The minimum atomic E-state index is -0.218. The Bertz CT molecular complexity index is 428. The molecule has 0 bridgehead atoms. The van der Waals surface area contributed by atoms with Gasteiger partial charge < -0.3 is 4.57 Å². The van der Waals surface area contributed by atoms with Crippen molar-refractivity contribution < 1.29 is 4.39 Å². The average Bonchev–Trinajstić information content (AvgIpc) is 2.46. The Morgan fingerprint density at radius 1 is 1.33 bits per heavy atom. The van der Waals surface area contributed by atoms with Crippen LogP contribution in [0.5, 0.6) is 0 Å². The van der Waals surface area contributed by atoms with Gasteiger partial charge in [0.15, 0.2) is 0 Å². The summed E-state index contributed by atoms with van der Waals surface area (Å²) in [5.41, 5.74) is 0.852. The van der Waals surface area contributed by atoms with Crippen molar-refractivity contribution in [2.75, 3.05) is 0 Å². The fourth-order valence-corrected chi connectivity index (χ4v) is 1.28. The van der Waals surface area contributed by atoms with Crippen molar-refractivity contribution in [2.45, 2.75) is 0 Å². The molecule has 0 unspecified atom stereocenters. The van der Waals surface area contributed by atoms with Crippen molar-refractivity contribution in [3.63, 3.8) is 0 Å². The maximum Gasteiger partial charge on any atom is 0.125 e. The van der Waals surface area contributed by atoms with Gasteiger partial charge in [0.05, 0.1) is 5.52 Å². The van der Waals surface area contributed by atoms with E-state index < -0.39 is 0 Å². The molecule has 2 aromatic rings. The molecule has 1 aromatic carbocycles. The lowest BCUT2D eigenvalue weighted by Crippen LogP contribution is -1.82. The summed E-state index contributed by atoms with van der Waals surface area (Å²) < 4.78 is 14.6. The van der Waals surface area contributed by atoms with Crippen molar-refractivity contribution in [3.8, 4) is 0 Å². The van der Waals surface area contributed by atoms with Gasteiger partial charge >= 0.3 is 0 Å². The fraction of sp³-hybridized carbons (Fsp3) is 0. The number of halogens is 1. The first-order valence-electron chi connectivity index (χ1n) is 3.70. The summed E-state index contributed by atoms with van der Waals surface area (Å²) in [7, 11) is 0. The molecule has 0 aliphatic carbocycles. The van der Waals surface area contributed by atoms with Crippen LogP contribution in [0.3, 0.4) is 0 Å². The van der Waals surface area contributed by atoms with E-state index in [4.69, 9.17) is 0 Å². The molecule has 0 amide bonds. The normalized spacial score (nSPS) is 10.4. The quantitative estimate of drug-likeness (QED) is 0.606. The molecular formula is C10H8FN. The number of nitrogens with zero attached hydrogens (tertiary/aromatic N) is 1. The smallest absolute Gasteiger partial charge is 0.125 e. The van der Waals surface area contributed by atoms with Crippen LogP contribution in [-0.2, 0) is 0 Å². The van der Waals surface area contributed by atoms with E-state index in [-0.39, 0.29) is 5.82 Å². The van der Waals surface area contributed by atoms with Gasteiger partial charge in [-0.25, -0.2) is 4.39 Å². The van der Waals surface area contributed by atoms with Gasteiger partial charge in [0.25, 0.3) is 0 Å². The van der Waals surface area contributed by atoms with Crippen LogP contribution in [0.15, 0.2) is 37.0 Å². The molecule has 0 spiro atoms. The second-order valence-corrected chi connectivity index (χ2v) is 2.61. The molecule has 2 rings (SSSR count). The monoisotopic (exact) mass is 161 g/mol. The molecule has 60 valence electrons. The molecule has 0 N–H and O–H groups in total. The standard InChI is InChI=1S/C10H8FN/c1-2-12-6-5-8-3-4-9(11)7-10(8)12/h2-7H,1H2. The molecule has 0 aliphatic heterocycles. The molecule has 0 saturated carbocycles. The van der Waals surface area contributed by atoms with E-state index in [1.54, 1.807) is 16.8 Å². The predicted octanol–water partition coefficient (Wildman–Crippen LogP) is 2.88. The molecule has 12 heavy (non-hydrogen) atoms. The van der Waals surface area contributed by atoms with Crippen LogP contribution in [0.1, 0.15) is 0 Å². The number of hydrogen-bond acceptors (Lipinski definition) is 0. The molecule has 1 aromatic heterocycles.